The summed E-state index contributed by atoms with van der Waals surface area (Å²) in [6, 6.07) is 12.4. The summed E-state index contributed by atoms with van der Waals surface area (Å²) >= 11 is 0. The quantitative estimate of drug-likeness (QED) is 0.866. The van der Waals surface area contributed by atoms with Crippen molar-refractivity contribution in [1.82, 2.24) is 4.90 Å². The predicted molar refractivity (Wildman–Crippen MR) is 71.9 cm³/mol. The van der Waals surface area contributed by atoms with Crippen LogP contribution in [-0.4, -0.2) is 44.3 Å². The molecule has 3 nitrogen and oxygen atoms in total. The van der Waals surface area contributed by atoms with Gasteiger partial charge in [0.15, 0.2) is 0 Å². The monoisotopic (exact) mass is 236 g/mol. The number of nitrogens with two attached hydrogens (primary N) is 1. The van der Waals surface area contributed by atoms with Gasteiger partial charge in [0, 0.05) is 32.8 Å². The molecule has 0 saturated carbocycles. The third kappa shape index (κ3) is 5.82. The highest BCUT2D eigenvalue weighted by Crippen LogP contribution is 2.13. The molecule has 1 aromatic rings. The minimum atomic E-state index is 0.367. The molecule has 0 unspecified atom stereocenters. The van der Waals surface area contributed by atoms with E-state index in [1.165, 1.54) is 0 Å². The number of nitrogens with zero attached hydrogens (tertiary/aromatic N) is 1. The molecule has 3 heteroatoms. The summed E-state index contributed by atoms with van der Waals surface area (Å²) in [4.78, 5) is 2.36. The van der Waals surface area contributed by atoms with Crippen LogP contribution in [0.15, 0.2) is 36.4 Å². The van der Waals surface area contributed by atoms with Crippen molar-refractivity contribution in [2.75, 3.05) is 33.4 Å². The van der Waals surface area contributed by atoms with Gasteiger partial charge in [-0.3, -0.25) is 4.90 Å². The van der Waals surface area contributed by atoms with Gasteiger partial charge in [0.25, 0.3) is 0 Å². The van der Waals surface area contributed by atoms with Crippen LogP contribution in [-0.2, 0) is 4.74 Å². The number of benzene rings is 1. The molecule has 1 aliphatic heterocycles. The highest BCUT2D eigenvalue weighted by atomic mass is 16.5. The minimum Gasteiger partial charge on any atom is -0.383 e. The molecular weight excluding hydrogens is 212 g/mol. The average molecular weight is 236 g/mol. The minimum absolute atomic E-state index is 0.367. The van der Waals surface area contributed by atoms with Crippen molar-refractivity contribution in [3.05, 3.63) is 36.4 Å². The van der Waals surface area contributed by atoms with Crippen LogP contribution in [0.3, 0.4) is 0 Å². The van der Waals surface area contributed by atoms with Gasteiger partial charge in [-0.15, -0.1) is 0 Å². The third-order valence-electron chi connectivity index (χ3n) is 3.02. The van der Waals surface area contributed by atoms with E-state index >= 15 is 0 Å². The summed E-state index contributed by atoms with van der Waals surface area (Å²) in [5.74, 6) is 0.645. The Bertz CT molecular complexity index is 242. The fourth-order valence-corrected chi connectivity index (χ4v) is 1.88. The van der Waals surface area contributed by atoms with Crippen LogP contribution in [0.4, 0.5) is 0 Å². The van der Waals surface area contributed by atoms with Crippen molar-refractivity contribution in [3.63, 3.8) is 0 Å². The Labute approximate surface area is 105 Å². The molecule has 0 aliphatic carbocycles. The highest BCUT2D eigenvalue weighted by Gasteiger charge is 2.25. The van der Waals surface area contributed by atoms with Crippen LogP contribution in [0.1, 0.15) is 6.92 Å². The molecule has 1 fully saturated rings. The van der Waals surface area contributed by atoms with Gasteiger partial charge in [-0.25, -0.2) is 0 Å². The van der Waals surface area contributed by atoms with Crippen molar-refractivity contribution in [1.29, 1.82) is 0 Å². The zero-order valence-corrected chi connectivity index (χ0v) is 10.9. The molecule has 1 saturated heterocycles. The lowest BCUT2D eigenvalue weighted by atomic mass is 10.1. The molecular formula is C14H24N2O. The SMILES string of the molecule is COCCN1C[C@@H](N)[C@@H](C)C1.c1ccccc1. The van der Waals surface area contributed by atoms with E-state index in [1.807, 2.05) is 36.4 Å². The summed E-state index contributed by atoms with van der Waals surface area (Å²) < 4.78 is 4.99. The summed E-state index contributed by atoms with van der Waals surface area (Å²) in [6.07, 6.45) is 0. The molecule has 0 spiro atoms. The van der Waals surface area contributed by atoms with E-state index in [2.05, 4.69) is 11.8 Å². The molecule has 0 radical (unpaired) electrons. The number of likely N-dealkylation sites (tertiary alicyclic amines) is 1. The molecule has 2 rings (SSSR count). The zero-order chi connectivity index (χ0) is 12.5. The van der Waals surface area contributed by atoms with E-state index in [4.69, 9.17) is 10.5 Å². The van der Waals surface area contributed by atoms with Crippen LogP contribution >= 0.6 is 0 Å². The van der Waals surface area contributed by atoms with Crippen LogP contribution < -0.4 is 5.73 Å². The number of hydrogen-bond acceptors (Lipinski definition) is 3. The van der Waals surface area contributed by atoms with Gasteiger partial charge in [0.1, 0.15) is 0 Å². The zero-order valence-electron chi connectivity index (χ0n) is 10.9. The lowest BCUT2D eigenvalue weighted by molar-refractivity contribution is 0.159. The Hall–Kier alpha value is -0.900. The van der Waals surface area contributed by atoms with Crippen LogP contribution in [0.2, 0.25) is 0 Å². The van der Waals surface area contributed by atoms with Crippen LogP contribution in [0.5, 0.6) is 0 Å². The fraction of sp³-hybridized carbons (Fsp3) is 0.571. The topological polar surface area (TPSA) is 38.5 Å². The number of hydrogen-bond donors (Lipinski definition) is 1. The molecule has 1 heterocycles. The summed E-state index contributed by atoms with van der Waals surface area (Å²) in [7, 11) is 1.74. The van der Waals surface area contributed by atoms with E-state index in [9.17, 15) is 0 Å². The van der Waals surface area contributed by atoms with Crippen molar-refractivity contribution in [2.45, 2.75) is 13.0 Å². The first-order valence-electron chi connectivity index (χ1n) is 6.21. The van der Waals surface area contributed by atoms with Crippen LogP contribution in [0, 0.1) is 5.92 Å². The first-order valence-corrected chi connectivity index (χ1v) is 6.21. The normalized spacial score (nSPS) is 24.2. The van der Waals surface area contributed by atoms with Gasteiger partial charge >= 0.3 is 0 Å². The maximum atomic E-state index is 5.86. The van der Waals surface area contributed by atoms with Gasteiger partial charge in [-0.2, -0.15) is 0 Å². The Morgan fingerprint density at radius 2 is 1.65 bits per heavy atom. The Balaban J connectivity index is 0.000000202. The van der Waals surface area contributed by atoms with E-state index in [0.29, 0.717) is 12.0 Å². The third-order valence-corrected chi connectivity index (χ3v) is 3.02. The van der Waals surface area contributed by atoms with Gasteiger partial charge < -0.3 is 10.5 Å². The van der Waals surface area contributed by atoms with Gasteiger partial charge in [0.2, 0.25) is 0 Å². The van der Waals surface area contributed by atoms with E-state index in [-0.39, 0.29) is 0 Å². The van der Waals surface area contributed by atoms with E-state index < -0.39 is 0 Å². The van der Waals surface area contributed by atoms with Crippen molar-refractivity contribution in [3.8, 4) is 0 Å². The lowest BCUT2D eigenvalue weighted by Crippen LogP contribution is -2.29. The Morgan fingerprint density at radius 3 is 2.00 bits per heavy atom. The first-order chi connectivity index (χ1) is 8.24. The first kappa shape index (κ1) is 14.2. The second-order valence-electron chi connectivity index (χ2n) is 4.55. The van der Waals surface area contributed by atoms with E-state index in [0.717, 1.165) is 26.2 Å². The second kappa shape index (κ2) is 8.23. The highest BCUT2D eigenvalue weighted by molar-refractivity contribution is 4.99. The van der Waals surface area contributed by atoms with Crippen molar-refractivity contribution in [2.24, 2.45) is 11.7 Å². The summed E-state index contributed by atoms with van der Waals surface area (Å²) in [5, 5.41) is 0. The maximum Gasteiger partial charge on any atom is 0.0589 e. The number of methoxy groups -OCH3 is 1. The molecule has 2 atom stereocenters. The average Bonchev–Trinajstić information content (AvgIpc) is 2.69. The van der Waals surface area contributed by atoms with Gasteiger partial charge in [-0.05, 0) is 5.92 Å². The van der Waals surface area contributed by atoms with Crippen molar-refractivity contribution < 1.29 is 4.74 Å². The van der Waals surface area contributed by atoms with Gasteiger partial charge in [0.05, 0.1) is 6.61 Å². The molecule has 1 aromatic carbocycles. The largest absolute Gasteiger partial charge is 0.383 e. The van der Waals surface area contributed by atoms with Gasteiger partial charge in [-0.1, -0.05) is 43.3 Å². The molecule has 0 amide bonds. The predicted octanol–water partition coefficient (Wildman–Crippen LogP) is 1.60. The fourth-order valence-electron chi connectivity index (χ4n) is 1.88. The number of ether oxygens (including phenoxy) is 1. The summed E-state index contributed by atoms with van der Waals surface area (Å²) in [5.41, 5.74) is 5.86. The standard InChI is InChI=1S/C8H18N2O.C6H6/c1-7-5-10(3-4-11-2)6-8(7)9;1-2-4-6-5-3-1/h7-8H,3-6,9H2,1-2H3;1-6H/t7-,8+;/m0./s1. The van der Waals surface area contributed by atoms with E-state index in [1.54, 1.807) is 7.11 Å². The molecule has 0 bridgehead atoms. The molecule has 1 aliphatic rings. The van der Waals surface area contributed by atoms with Crippen LogP contribution in [0.25, 0.3) is 0 Å². The smallest absolute Gasteiger partial charge is 0.0589 e. The Kier molecular flexibility index (Phi) is 6.86. The van der Waals surface area contributed by atoms with Crippen molar-refractivity contribution >= 4 is 0 Å². The second-order valence-corrected chi connectivity index (χ2v) is 4.55. The maximum absolute atomic E-state index is 5.86. The molecule has 0 aromatic heterocycles. The number of rotatable bonds is 3. The Morgan fingerprint density at radius 1 is 1.12 bits per heavy atom. The molecule has 2 N–H and O–H groups in total. The molecule has 96 valence electrons. The lowest BCUT2D eigenvalue weighted by Gasteiger charge is -2.13. The summed E-state index contributed by atoms with van der Waals surface area (Å²) in [6.45, 7) is 6.21. The molecule has 17 heavy (non-hydrogen) atoms.